The van der Waals surface area contributed by atoms with Crippen molar-refractivity contribution in [2.45, 2.75) is 89.1 Å². The second kappa shape index (κ2) is 10.8. The zero-order chi connectivity index (χ0) is 32.6. The summed E-state index contributed by atoms with van der Waals surface area (Å²) in [6, 6.07) is 5.07. The maximum atomic E-state index is 14.9. The van der Waals surface area contributed by atoms with Crippen LogP contribution < -0.4 is 14.2 Å². The number of fused-ring (bicyclic) bond motifs is 5. The Labute approximate surface area is 258 Å². The number of ether oxygens (including phenoxy) is 4. The third-order valence-corrected chi connectivity index (χ3v) is 9.64. The predicted molar refractivity (Wildman–Crippen MR) is 145 cm³/mol. The Hall–Kier alpha value is -4.01. The van der Waals surface area contributed by atoms with Gasteiger partial charge in [-0.3, -0.25) is 4.79 Å². The van der Waals surface area contributed by atoms with E-state index < -0.39 is 59.6 Å². The standard InChI is InChI=1S/C31H29F6N3O6/c1-15(17-5-6-20-22(12-17)46-31(36,37)45-20)43-23-13-18(14-38-27(23)32)40-25-19(26(39-40)30(33,34)35)3-2-4-21(25)44-24-11-16-7-9-29(24,10-8-16)28(41)42/h5-6,12-16,21,24H,2-4,7-11H2,1H3,(H,41,42)/t15-,16?,21+,24?,29?/m0/s1. The molecule has 1 N–H and O–H groups in total. The van der Waals surface area contributed by atoms with Crippen molar-refractivity contribution < 1.29 is 55.2 Å². The minimum atomic E-state index is -4.80. The summed E-state index contributed by atoms with van der Waals surface area (Å²) >= 11 is 0. The maximum absolute atomic E-state index is 14.9. The molecule has 3 heterocycles. The average molecular weight is 654 g/mol. The highest BCUT2D eigenvalue weighted by Crippen LogP contribution is 2.54. The number of aliphatic carboxylic acids is 1. The first-order chi connectivity index (χ1) is 21.7. The molecule has 46 heavy (non-hydrogen) atoms. The number of nitrogens with zero attached hydrogens (tertiary/aromatic N) is 3. The van der Waals surface area contributed by atoms with E-state index in [0.717, 1.165) is 29.8 Å². The number of carboxylic acid groups (broad SMARTS) is 1. The van der Waals surface area contributed by atoms with Crippen molar-refractivity contribution in [3.63, 3.8) is 0 Å². The topological polar surface area (TPSA) is 105 Å². The summed E-state index contributed by atoms with van der Waals surface area (Å²) in [5.74, 6) is -2.59. The number of carbonyl (C=O) groups is 1. The number of hydrogen-bond donors (Lipinski definition) is 1. The first-order valence-electron chi connectivity index (χ1n) is 15.0. The quantitative estimate of drug-likeness (QED) is 0.209. The van der Waals surface area contributed by atoms with E-state index in [9.17, 15) is 36.2 Å². The Bertz CT molecular complexity index is 1690. The molecule has 4 aliphatic carbocycles. The lowest BCUT2D eigenvalue weighted by molar-refractivity contribution is -0.286. The van der Waals surface area contributed by atoms with Gasteiger partial charge in [-0.2, -0.15) is 22.7 Å². The summed E-state index contributed by atoms with van der Waals surface area (Å²) in [5.41, 5.74) is -1.87. The molecular formula is C31H29F6N3O6. The Morgan fingerprint density at radius 3 is 2.59 bits per heavy atom. The summed E-state index contributed by atoms with van der Waals surface area (Å²) in [5, 5.41) is 14.1. The average Bonchev–Trinajstić information content (AvgIpc) is 3.55. The molecular weight excluding hydrogens is 624 g/mol. The molecule has 1 unspecified atom stereocenters. The summed E-state index contributed by atoms with van der Waals surface area (Å²) in [6.07, 6.45) is -6.43. The van der Waals surface area contributed by atoms with E-state index in [0.29, 0.717) is 37.7 Å². The Morgan fingerprint density at radius 2 is 1.87 bits per heavy atom. The van der Waals surface area contributed by atoms with Crippen LogP contribution >= 0.6 is 0 Å². The van der Waals surface area contributed by atoms with Gasteiger partial charge in [-0.25, -0.2) is 9.67 Å². The van der Waals surface area contributed by atoms with Crippen molar-refractivity contribution in [1.29, 1.82) is 0 Å². The van der Waals surface area contributed by atoms with E-state index in [-0.39, 0.29) is 40.8 Å². The molecule has 3 fully saturated rings. The highest BCUT2D eigenvalue weighted by Gasteiger charge is 2.55. The van der Waals surface area contributed by atoms with E-state index in [2.05, 4.69) is 19.6 Å². The van der Waals surface area contributed by atoms with Gasteiger partial charge < -0.3 is 24.1 Å². The van der Waals surface area contributed by atoms with Crippen molar-refractivity contribution in [1.82, 2.24) is 14.8 Å². The van der Waals surface area contributed by atoms with Gasteiger partial charge in [0.1, 0.15) is 12.2 Å². The van der Waals surface area contributed by atoms with Gasteiger partial charge in [0.05, 0.1) is 29.1 Å². The largest absolute Gasteiger partial charge is 0.586 e. The van der Waals surface area contributed by atoms with Crippen LogP contribution in [-0.4, -0.2) is 38.2 Å². The third-order valence-electron chi connectivity index (χ3n) is 9.64. The van der Waals surface area contributed by atoms with E-state index in [4.69, 9.17) is 9.47 Å². The van der Waals surface area contributed by atoms with Crippen molar-refractivity contribution >= 4 is 5.97 Å². The highest BCUT2D eigenvalue weighted by atomic mass is 19.4. The molecule has 8 rings (SSSR count). The lowest BCUT2D eigenvalue weighted by Gasteiger charge is -2.50. The Morgan fingerprint density at radius 1 is 1.13 bits per heavy atom. The Kier molecular flexibility index (Phi) is 7.18. The number of aromatic nitrogens is 3. The van der Waals surface area contributed by atoms with Crippen molar-refractivity contribution in [2.24, 2.45) is 11.3 Å². The number of hydrogen-bond acceptors (Lipinski definition) is 7. The fourth-order valence-electron chi connectivity index (χ4n) is 7.31. The summed E-state index contributed by atoms with van der Waals surface area (Å²) in [7, 11) is 0. The Balaban J connectivity index is 1.22. The molecule has 9 nitrogen and oxygen atoms in total. The van der Waals surface area contributed by atoms with Crippen LogP contribution in [0.15, 0.2) is 30.5 Å². The zero-order valence-electron chi connectivity index (χ0n) is 24.5. The lowest BCUT2D eigenvalue weighted by atomic mass is 9.59. The fraction of sp³-hybridized carbons (Fsp3) is 0.516. The molecule has 15 heteroatoms. The second-order valence-corrected chi connectivity index (χ2v) is 12.4. The minimum Gasteiger partial charge on any atom is -0.481 e. The number of alkyl halides is 5. The molecule has 3 atom stereocenters. The predicted octanol–water partition coefficient (Wildman–Crippen LogP) is 7.31. The molecule has 2 aromatic heterocycles. The van der Waals surface area contributed by atoms with Crippen LogP contribution in [0.2, 0.25) is 0 Å². The highest BCUT2D eigenvalue weighted by molar-refractivity contribution is 5.76. The van der Waals surface area contributed by atoms with Crippen LogP contribution in [0.4, 0.5) is 26.3 Å². The van der Waals surface area contributed by atoms with E-state index in [1.54, 1.807) is 0 Å². The van der Waals surface area contributed by atoms with Gasteiger partial charge in [-0.15, -0.1) is 8.78 Å². The van der Waals surface area contributed by atoms with E-state index >= 15 is 0 Å². The van der Waals surface area contributed by atoms with Crippen LogP contribution in [0.5, 0.6) is 17.2 Å². The summed E-state index contributed by atoms with van der Waals surface area (Å²) in [4.78, 5) is 16.2. The number of pyridine rings is 1. The van der Waals surface area contributed by atoms with Gasteiger partial charge >= 0.3 is 18.4 Å². The van der Waals surface area contributed by atoms with Crippen LogP contribution in [0.3, 0.4) is 0 Å². The van der Waals surface area contributed by atoms with Crippen molar-refractivity contribution in [3.05, 3.63) is 58.9 Å². The van der Waals surface area contributed by atoms with Crippen LogP contribution in [0.1, 0.15) is 86.6 Å². The first kappa shape index (κ1) is 30.6. The SMILES string of the molecule is C[C@H](Oc1cc(-n2nc(C(F)(F)F)c3c2[C@H](OC2CC4CCC2(C(=O)O)CC4)CCC3)cnc1F)c1ccc2c(c1)OC(F)(F)O2. The van der Waals surface area contributed by atoms with Gasteiger partial charge in [-0.1, -0.05) is 6.07 Å². The van der Waals surface area contributed by atoms with Crippen LogP contribution in [-0.2, 0) is 22.1 Å². The maximum Gasteiger partial charge on any atom is 0.586 e. The molecule has 3 saturated carbocycles. The molecule has 0 saturated heterocycles. The smallest absolute Gasteiger partial charge is 0.481 e. The van der Waals surface area contributed by atoms with E-state index in [1.165, 1.54) is 25.1 Å². The number of benzene rings is 1. The van der Waals surface area contributed by atoms with E-state index in [1.807, 2.05) is 0 Å². The molecule has 0 spiro atoms. The number of carboxylic acids is 1. The van der Waals surface area contributed by atoms with Gasteiger partial charge in [0.25, 0.3) is 5.95 Å². The second-order valence-electron chi connectivity index (χ2n) is 12.4. The first-order valence-corrected chi connectivity index (χ1v) is 15.0. The fourth-order valence-corrected chi connectivity index (χ4v) is 7.31. The third kappa shape index (κ3) is 5.21. The lowest BCUT2D eigenvalue weighted by Crippen LogP contribution is -2.52. The molecule has 246 valence electrons. The molecule has 3 aromatic rings. The summed E-state index contributed by atoms with van der Waals surface area (Å²) < 4.78 is 107. The molecule has 5 aliphatic rings. The number of halogens is 6. The van der Waals surface area contributed by atoms with Crippen LogP contribution in [0.25, 0.3) is 5.69 Å². The van der Waals surface area contributed by atoms with Gasteiger partial charge in [0, 0.05) is 11.6 Å². The minimum absolute atomic E-state index is 0.0331. The van der Waals surface area contributed by atoms with Crippen LogP contribution in [0, 0.1) is 17.3 Å². The van der Waals surface area contributed by atoms with Gasteiger partial charge in [0.2, 0.25) is 0 Å². The normalized spacial score (nSPS) is 26.9. The van der Waals surface area contributed by atoms with Gasteiger partial charge in [0.15, 0.2) is 22.9 Å². The molecule has 0 radical (unpaired) electrons. The number of rotatable bonds is 7. The van der Waals surface area contributed by atoms with Crippen molar-refractivity contribution in [3.8, 4) is 22.9 Å². The summed E-state index contributed by atoms with van der Waals surface area (Å²) in [6.45, 7) is 1.51. The molecule has 1 aromatic carbocycles. The van der Waals surface area contributed by atoms with Gasteiger partial charge in [-0.05, 0) is 81.9 Å². The molecule has 1 aliphatic heterocycles. The molecule has 2 bridgehead atoms. The zero-order valence-corrected chi connectivity index (χ0v) is 24.5. The van der Waals surface area contributed by atoms with Crippen molar-refractivity contribution in [2.75, 3.05) is 0 Å². The molecule has 0 amide bonds. The monoisotopic (exact) mass is 653 g/mol.